The minimum atomic E-state index is 0.609. The fourth-order valence-corrected chi connectivity index (χ4v) is 4.10. The number of rotatable bonds is 6. The first-order valence-electron chi connectivity index (χ1n) is 11.2. The SMILES string of the molecule is COc1ccc(-c2nc(-c3ccc(C#N)cc3)n(-c3ccccc3)c2-c2ccc(OC)cc2)cc1. The molecule has 0 atom stereocenters. The second-order valence-corrected chi connectivity index (χ2v) is 7.95. The van der Waals surface area contributed by atoms with Gasteiger partial charge in [0.15, 0.2) is 0 Å². The predicted molar refractivity (Wildman–Crippen MR) is 138 cm³/mol. The van der Waals surface area contributed by atoms with Crippen molar-refractivity contribution in [2.75, 3.05) is 14.2 Å². The summed E-state index contributed by atoms with van der Waals surface area (Å²) in [6, 6.07) is 35.8. The van der Waals surface area contributed by atoms with Crippen molar-refractivity contribution in [2.24, 2.45) is 0 Å². The summed E-state index contributed by atoms with van der Waals surface area (Å²) in [5.41, 5.74) is 6.31. The van der Waals surface area contributed by atoms with Gasteiger partial charge in [-0.25, -0.2) is 4.98 Å². The van der Waals surface area contributed by atoms with Crippen LogP contribution in [0.15, 0.2) is 103 Å². The molecule has 0 aliphatic rings. The lowest BCUT2D eigenvalue weighted by Crippen LogP contribution is -2.00. The van der Waals surface area contributed by atoms with E-state index in [0.717, 1.165) is 51.1 Å². The molecule has 0 N–H and O–H groups in total. The molecule has 0 saturated carbocycles. The van der Waals surface area contributed by atoms with Crippen LogP contribution < -0.4 is 9.47 Å². The van der Waals surface area contributed by atoms with Gasteiger partial charge in [-0.15, -0.1) is 0 Å². The molecular formula is C30H23N3O2. The number of nitriles is 1. The van der Waals surface area contributed by atoms with E-state index in [2.05, 4.69) is 22.8 Å². The number of hydrogen-bond acceptors (Lipinski definition) is 4. The van der Waals surface area contributed by atoms with Gasteiger partial charge < -0.3 is 9.47 Å². The third-order valence-corrected chi connectivity index (χ3v) is 5.89. The van der Waals surface area contributed by atoms with Crippen molar-refractivity contribution in [3.8, 4) is 57.2 Å². The lowest BCUT2D eigenvalue weighted by atomic mass is 10.0. The van der Waals surface area contributed by atoms with Crippen LogP contribution >= 0.6 is 0 Å². The van der Waals surface area contributed by atoms with Crippen LogP contribution in [0.5, 0.6) is 11.5 Å². The Morgan fingerprint density at radius 1 is 0.657 bits per heavy atom. The maximum atomic E-state index is 9.27. The maximum Gasteiger partial charge on any atom is 0.145 e. The molecule has 0 amide bonds. The molecule has 5 aromatic rings. The van der Waals surface area contributed by atoms with Gasteiger partial charge in [0.1, 0.15) is 17.3 Å². The highest BCUT2D eigenvalue weighted by molar-refractivity contribution is 5.84. The van der Waals surface area contributed by atoms with Crippen LogP contribution in [0.25, 0.3) is 39.6 Å². The average Bonchev–Trinajstić information content (AvgIpc) is 3.34. The van der Waals surface area contributed by atoms with Gasteiger partial charge in [0.25, 0.3) is 0 Å². The van der Waals surface area contributed by atoms with Crippen LogP contribution in [0.1, 0.15) is 5.56 Å². The number of ether oxygens (including phenoxy) is 2. The molecule has 0 aliphatic heterocycles. The molecule has 5 heteroatoms. The smallest absolute Gasteiger partial charge is 0.145 e. The normalized spacial score (nSPS) is 10.5. The van der Waals surface area contributed by atoms with E-state index < -0.39 is 0 Å². The minimum Gasteiger partial charge on any atom is -0.497 e. The number of nitrogens with zero attached hydrogens (tertiary/aromatic N) is 3. The number of benzene rings is 4. The minimum absolute atomic E-state index is 0.609. The van der Waals surface area contributed by atoms with Gasteiger partial charge in [0.05, 0.1) is 37.2 Å². The van der Waals surface area contributed by atoms with Gasteiger partial charge in [0.2, 0.25) is 0 Å². The Kier molecular flexibility index (Phi) is 6.02. The van der Waals surface area contributed by atoms with Gasteiger partial charge >= 0.3 is 0 Å². The first kappa shape index (κ1) is 22.0. The number of aromatic nitrogens is 2. The number of para-hydroxylation sites is 1. The molecular weight excluding hydrogens is 434 g/mol. The van der Waals surface area contributed by atoms with E-state index in [1.165, 1.54) is 0 Å². The van der Waals surface area contributed by atoms with Crippen LogP contribution in [0.4, 0.5) is 0 Å². The number of imidazole rings is 1. The Balaban J connectivity index is 1.82. The standard InChI is InChI=1S/C30H23N3O2/c1-34-26-16-12-22(13-17-26)28-29(23-14-18-27(35-2)19-15-23)33(25-6-4-3-5-7-25)30(32-28)24-10-8-21(20-31)9-11-24/h3-19H,1-2H3. The molecule has 0 fully saturated rings. The van der Waals surface area contributed by atoms with E-state index in [0.29, 0.717) is 5.56 Å². The van der Waals surface area contributed by atoms with E-state index in [1.54, 1.807) is 14.2 Å². The van der Waals surface area contributed by atoms with Crippen molar-refractivity contribution < 1.29 is 9.47 Å². The molecule has 35 heavy (non-hydrogen) atoms. The van der Waals surface area contributed by atoms with E-state index in [4.69, 9.17) is 14.5 Å². The van der Waals surface area contributed by atoms with Crippen LogP contribution in [0.2, 0.25) is 0 Å². The highest BCUT2D eigenvalue weighted by Gasteiger charge is 2.22. The zero-order chi connectivity index (χ0) is 24.2. The molecule has 0 saturated heterocycles. The Morgan fingerprint density at radius 3 is 1.74 bits per heavy atom. The summed E-state index contributed by atoms with van der Waals surface area (Å²) < 4.78 is 12.9. The summed E-state index contributed by atoms with van der Waals surface area (Å²) in [5, 5.41) is 9.27. The summed E-state index contributed by atoms with van der Waals surface area (Å²) in [6.07, 6.45) is 0. The zero-order valence-electron chi connectivity index (χ0n) is 19.5. The molecule has 4 aromatic carbocycles. The fraction of sp³-hybridized carbons (Fsp3) is 0.0667. The third-order valence-electron chi connectivity index (χ3n) is 5.89. The molecule has 5 nitrogen and oxygen atoms in total. The second-order valence-electron chi connectivity index (χ2n) is 7.95. The fourth-order valence-electron chi connectivity index (χ4n) is 4.10. The quantitative estimate of drug-likeness (QED) is 0.283. The summed E-state index contributed by atoms with van der Waals surface area (Å²) in [4.78, 5) is 5.16. The monoisotopic (exact) mass is 457 g/mol. The summed E-state index contributed by atoms with van der Waals surface area (Å²) in [7, 11) is 3.32. The lowest BCUT2D eigenvalue weighted by Gasteiger charge is -2.14. The molecule has 1 heterocycles. The lowest BCUT2D eigenvalue weighted by molar-refractivity contribution is 0.414. The zero-order valence-corrected chi connectivity index (χ0v) is 19.5. The van der Waals surface area contributed by atoms with Crippen LogP contribution in [-0.4, -0.2) is 23.8 Å². The first-order chi connectivity index (χ1) is 17.2. The topological polar surface area (TPSA) is 60.1 Å². The maximum absolute atomic E-state index is 9.27. The summed E-state index contributed by atoms with van der Waals surface area (Å²) in [6.45, 7) is 0. The van der Waals surface area contributed by atoms with Crippen molar-refractivity contribution in [2.45, 2.75) is 0 Å². The van der Waals surface area contributed by atoms with Crippen LogP contribution in [-0.2, 0) is 0 Å². The van der Waals surface area contributed by atoms with Crippen molar-refractivity contribution in [1.82, 2.24) is 9.55 Å². The Hall–Kier alpha value is -4.82. The number of methoxy groups -OCH3 is 2. The van der Waals surface area contributed by atoms with Crippen molar-refractivity contribution in [3.05, 3.63) is 109 Å². The molecule has 0 unspecified atom stereocenters. The van der Waals surface area contributed by atoms with E-state index in [9.17, 15) is 5.26 Å². The van der Waals surface area contributed by atoms with E-state index in [1.807, 2.05) is 91.0 Å². The van der Waals surface area contributed by atoms with Gasteiger partial charge in [-0.2, -0.15) is 5.26 Å². The molecule has 1 aromatic heterocycles. The van der Waals surface area contributed by atoms with Crippen LogP contribution in [0.3, 0.4) is 0 Å². The summed E-state index contributed by atoms with van der Waals surface area (Å²) in [5.74, 6) is 2.37. The molecule has 0 radical (unpaired) electrons. The number of hydrogen-bond donors (Lipinski definition) is 0. The molecule has 0 aliphatic carbocycles. The van der Waals surface area contributed by atoms with Gasteiger partial charge in [-0.05, 0) is 84.9 Å². The largest absolute Gasteiger partial charge is 0.497 e. The van der Waals surface area contributed by atoms with Gasteiger partial charge in [0, 0.05) is 22.4 Å². The Morgan fingerprint density at radius 2 is 1.20 bits per heavy atom. The average molecular weight is 458 g/mol. The van der Waals surface area contributed by atoms with E-state index >= 15 is 0 Å². The molecule has 170 valence electrons. The molecule has 0 bridgehead atoms. The Labute approximate surface area is 204 Å². The van der Waals surface area contributed by atoms with Gasteiger partial charge in [-0.1, -0.05) is 18.2 Å². The predicted octanol–water partition coefficient (Wildman–Crippen LogP) is 6.76. The Bertz CT molecular complexity index is 1480. The molecule has 5 rings (SSSR count). The summed E-state index contributed by atoms with van der Waals surface area (Å²) >= 11 is 0. The van der Waals surface area contributed by atoms with Crippen molar-refractivity contribution >= 4 is 0 Å². The second kappa shape index (κ2) is 9.58. The van der Waals surface area contributed by atoms with E-state index in [-0.39, 0.29) is 0 Å². The highest BCUT2D eigenvalue weighted by Crippen LogP contribution is 2.39. The van der Waals surface area contributed by atoms with Crippen LogP contribution in [0, 0.1) is 11.3 Å². The van der Waals surface area contributed by atoms with Crippen molar-refractivity contribution in [3.63, 3.8) is 0 Å². The van der Waals surface area contributed by atoms with Crippen molar-refractivity contribution in [1.29, 1.82) is 5.26 Å². The highest BCUT2D eigenvalue weighted by atomic mass is 16.5. The molecule has 0 spiro atoms. The first-order valence-corrected chi connectivity index (χ1v) is 11.2. The third kappa shape index (κ3) is 4.25. The van der Waals surface area contributed by atoms with Gasteiger partial charge in [-0.3, -0.25) is 4.57 Å².